The minimum Gasteiger partial charge on any atom is -0.382 e. The Hall–Kier alpha value is -1.29. The fourth-order valence-electron chi connectivity index (χ4n) is 1.17. The number of nitrogens with zero attached hydrogens (tertiary/aromatic N) is 1. The van der Waals surface area contributed by atoms with E-state index in [4.69, 9.17) is 27.1 Å². The van der Waals surface area contributed by atoms with Crippen molar-refractivity contribution in [1.82, 2.24) is 10.2 Å². The number of likely N-dealkylation sites (N-methyl/N-ethyl adjacent to an activating group) is 1. The molecular weight excluding hydrogens is 338 g/mol. The lowest BCUT2D eigenvalue weighted by atomic mass is 9.92. The summed E-state index contributed by atoms with van der Waals surface area (Å²) in [6.45, 7) is 0.430. The molecule has 0 bridgehead atoms. The van der Waals surface area contributed by atoms with Gasteiger partial charge in [0.05, 0.1) is 12.7 Å². The Morgan fingerprint density at radius 1 is 1.33 bits per heavy atom. The first-order valence-electron chi connectivity index (χ1n) is 6.61. The van der Waals surface area contributed by atoms with E-state index in [9.17, 15) is 9.59 Å². The van der Waals surface area contributed by atoms with Crippen LogP contribution in [0, 0.1) is 0 Å². The topological polar surface area (TPSA) is 118 Å². The highest BCUT2D eigenvalue weighted by atomic mass is 31.2. The molecule has 0 fully saturated rings. The fraction of sp³-hybridized carbons (Fsp3) is 0.538. The van der Waals surface area contributed by atoms with E-state index in [1.54, 1.807) is 0 Å². The van der Waals surface area contributed by atoms with Crippen LogP contribution >= 0.6 is 8.38 Å². The zero-order chi connectivity index (χ0) is 19.0. The van der Waals surface area contributed by atoms with Crippen molar-refractivity contribution in [3.8, 4) is 0 Å². The van der Waals surface area contributed by atoms with Gasteiger partial charge in [-0.25, -0.2) is 0 Å². The Balaban J connectivity index is 0. The Morgan fingerprint density at radius 3 is 2.33 bits per heavy atom. The second kappa shape index (κ2) is 16.6. The third-order valence-electron chi connectivity index (χ3n) is 2.32. The summed E-state index contributed by atoms with van der Waals surface area (Å²) in [4.78, 5) is 39.3. The van der Waals surface area contributed by atoms with Gasteiger partial charge in [-0.3, -0.25) is 14.5 Å². The van der Waals surface area contributed by atoms with Crippen molar-refractivity contribution in [3.63, 3.8) is 0 Å². The molecule has 0 saturated heterocycles. The molecule has 9 nitrogen and oxygen atoms in total. The average molecular weight is 362 g/mol. The summed E-state index contributed by atoms with van der Waals surface area (Å²) >= 11 is 0. The van der Waals surface area contributed by atoms with E-state index in [1.165, 1.54) is 45.6 Å². The molecule has 0 aliphatic heterocycles. The van der Waals surface area contributed by atoms with Crippen LogP contribution in [0.3, 0.4) is 0 Å². The van der Waals surface area contributed by atoms with Crippen molar-refractivity contribution in [1.29, 1.82) is 0 Å². The molecule has 0 spiro atoms. The largest absolute Gasteiger partial charge is 0.382 e. The average Bonchev–Trinajstić information content (AvgIpc) is 2.55. The molecule has 0 aliphatic rings. The number of methoxy groups -OCH3 is 3. The van der Waals surface area contributed by atoms with Gasteiger partial charge in [0.2, 0.25) is 12.3 Å². The van der Waals surface area contributed by atoms with Crippen molar-refractivity contribution >= 4 is 28.5 Å². The van der Waals surface area contributed by atoms with Crippen LogP contribution in [0.4, 0.5) is 0 Å². The molecule has 0 aromatic rings. The van der Waals surface area contributed by atoms with Gasteiger partial charge in [-0.15, -0.1) is 0 Å². The standard InChI is InChI=1S/C7H12N2O3.C6H12BO4P/c1-8-7(11)3-4-9(5-10)6-12-2;1-10-3-6(11-2)5(7)4-12(8)9/h3-5H,6H2,1-2H3,(H,8,11);4,6,8-9H,3H2,1-2H3/b4-3-;5-4-. The maximum atomic E-state index is 10.7. The molecule has 0 aliphatic carbocycles. The van der Waals surface area contributed by atoms with Gasteiger partial charge in [0.1, 0.15) is 14.6 Å². The van der Waals surface area contributed by atoms with Crippen LogP contribution in [-0.4, -0.2) is 82.7 Å². The number of hydrogen-bond donors (Lipinski definition) is 3. The molecular formula is C13H24BN2O7P. The number of ether oxygens (including phenoxy) is 3. The fourth-order valence-corrected chi connectivity index (χ4v) is 1.61. The molecule has 11 heteroatoms. The molecule has 0 aromatic carbocycles. The van der Waals surface area contributed by atoms with E-state index < -0.39 is 14.5 Å². The Labute approximate surface area is 144 Å². The highest BCUT2D eigenvalue weighted by Crippen LogP contribution is 2.27. The van der Waals surface area contributed by atoms with Crippen molar-refractivity contribution in [3.05, 3.63) is 23.6 Å². The Bertz CT molecular complexity index is 408. The smallest absolute Gasteiger partial charge is 0.245 e. The van der Waals surface area contributed by atoms with Gasteiger partial charge in [-0.2, -0.15) is 0 Å². The number of amides is 2. The van der Waals surface area contributed by atoms with E-state index in [0.29, 0.717) is 13.0 Å². The molecule has 136 valence electrons. The summed E-state index contributed by atoms with van der Waals surface area (Å²) < 4.78 is 14.4. The predicted octanol–water partition coefficient (Wildman–Crippen LogP) is -0.737. The van der Waals surface area contributed by atoms with Crippen LogP contribution in [0.1, 0.15) is 0 Å². The quantitative estimate of drug-likeness (QED) is 0.154. The number of hydrogen-bond acceptors (Lipinski definition) is 7. The maximum absolute atomic E-state index is 10.7. The number of nitrogens with one attached hydrogen (secondary N) is 1. The molecule has 1 atom stereocenters. The van der Waals surface area contributed by atoms with Gasteiger partial charge in [0.15, 0.2) is 8.38 Å². The summed E-state index contributed by atoms with van der Waals surface area (Å²) in [5.74, 6) is 0.889. The first-order chi connectivity index (χ1) is 11.4. The number of carbonyl (C=O) groups is 2. The summed E-state index contributed by atoms with van der Waals surface area (Å²) in [5.41, 5.74) is 0.274. The van der Waals surface area contributed by atoms with Crippen LogP contribution in [-0.2, 0) is 23.8 Å². The zero-order valence-corrected chi connectivity index (χ0v) is 15.1. The van der Waals surface area contributed by atoms with Gasteiger partial charge in [-0.1, -0.05) is 5.47 Å². The van der Waals surface area contributed by atoms with Crippen molar-refractivity contribution in [2.75, 3.05) is 41.7 Å². The van der Waals surface area contributed by atoms with Crippen LogP contribution in [0.15, 0.2) is 23.6 Å². The molecule has 24 heavy (non-hydrogen) atoms. The highest BCUT2D eigenvalue weighted by molar-refractivity contribution is 7.48. The lowest BCUT2D eigenvalue weighted by molar-refractivity contribution is -0.119. The van der Waals surface area contributed by atoms with E-state index in [1.807, 2.05) is 0 Å². The van der Waals surface area contributed by atoms with Gasteiger partial charge >= 0.3 is 0 Å². The van der Waals surface area contributed by atoms with E-state index in [2.05, 4.69) is 10.1 Å². The van der Waals surface area contributed by atoms with E-state index >= 15 is 0 Å². The maximum Gasteiger partial charge on any atom is 0.245 e. The van der Waals surface area contributed by atoms with Gasteiger partial charge in [0, 0.05) is 40.7 Å². The molecule has 0 saturated carbocycles. The van der Waals surface area contributed by atoms with Crippen LogP contribution < -0.4 is 5.32 Å². The van der Waals surface area contributed by atoms with Crippen LogP contribution in [0.2, 0.25) is 0 Å². The summed E-state index contributed by atoms with van der Waals surface area (Å²) in [6.07, 6.45) is 2.74. The van der Waals surface area contributed by atoms with Crippen LogP contribution in [0.5, 0.6) is 0 Å². The second-order valence-electron chi connectivity index (χ2n) is 4.10. The minimum atomic E-state index is -2.11. The van der Waals surface area contributed by atoms with E-state index in [0.717, 1.165) is 5.82 Å². The second-order valence-corrected chi connectivity index (χ2v) is 5.00. The molecule has 3 N–H and O–H groups in total. The lowest BCUT2D eigenvalue weighted by Crippen LogP contribution is -2.20. The zero-order valence-electron chi connectivity index (χ0n) is 14.2. The molecule has 2 amide bonds. The molecule has 0 aromatic heterocycles. The van der Waals surface area contributed by atoms with Gasteiger partial charge < -0.3 is 29.3 Å². The summed E-state index contributed by atoms with van der Waals surface area (Å²) in [6, 6.07) is 0. The molecule has 0 heterocycles. The molecule has 0 rings (SSSR count). The SMILES string of the molecule is CNC(=O)/C=C\N(C=O)COC.[B]/C(=C\P(O)O)C(COC)OC. The third kappa shape index (κ3) is 14.3. The Morgan fingerprint density at radius 2 is 1.96 bits per heavy atom. The lowest BCUT2D eigenvalue weighted by Gasteiger charge is -2.15. The van der Waals surface area contributed by atoms with Gasteiger partial charge in [0.25, 0.3) is 0 Å². The van der Waals surface area contributed by atoms with Crippen LogP contribution in [0.25, 0.3) is 0 Å². The first kappa shape index (κ1) is 25.0. The number of carbonyl (C=O) groups excluding carboxylic acids is 2. The molecule has 2 radical (unpaired) electrons. The summed E-state index contributed by atoms with van der Waals surface area (Å²) in [5, 5.41) is 2.38. The summed E-state index contributed by atoms with van der Waals surface area (Å²) in [7, 11) is 9.31. The van der Waals surface area contributed by atoms with Crippen molar-refractivity contribution in [2.45, 2.75) is 6.10 Å². The minimum absolute atomic E-state index is 0.136. The van der Waals surface area contributed by atoms with Crippen molar-refractivity contribution in [2.24, 2.45) is 0 Å². The third-order valence-corrected chi connectivity index (χ3v) is 2.85. The monoisotopic (exact) mass is 362 g/mol. The first-order valence-corrected chi connectivity index (χ1v) is 7.93. The Kier molecular flexibility index (Phi) is 17.2. The molecule has 1 unspecified atom stereocenters. The number of rotatable bonds is 10. The normalized spacial score (nSPS) is 12.5. The van der Waals surface area contributed by atoms with Crippen molar-refractivity contribution < 1.29 is 33.6 Å². The highest BCUT2D eigenvalue weighted by Gasteiger charge is 2.09. The predicted molar refractivity (Wildman–Crippen MR) is 90.9 cm³/mol. The van der Waals surface area contributed by atoms with Gasteiger partial charge in [-0.05, 0) is 5.82 Å². The van der Waals surface area contributed by atoms with E-state index in [-0.39, 0.29) is 18.1 Å².